The molecule has 0 bridgehead atoms. The number of hydrogen-bond acceptors (Lipinski definition) is 6. The van der Waals surface area contributed by atoms with Crippen LogP contribution in [0.2, 0.25) is 0 Å². The number of benzene rings is 3. The SMILES string of the molecule is CC(C)(C)NS(=O)(=O)c1ccccc1-c1ccc(NC(=O)/C(=C\c2cccc(C#N)c2)NC(=O)c2ccco2)cc1. The van der Waals surface area contributed by atoms with Crippen LogP contribution in [0.1, 0.15) is 42.5 Å². The van der Waals surface area contributed by atoms with E-state index >= 15 is 0 Å². The maximum atomic E-state index is 13.3. The first-order chi connectivity index (χ1) is 19.4. The van der Waals surface area contributed by atoms with Crippen LogP contribution >= 0.6 is 0 Å². The smallest absolute Gasteiger partial charge is 0.291 e. The Kier molecular flexibility index (Phi) is 8.52. The highest BCUT2D eigenvalue weighted by atomic mass is 32.2. The van der Waals surface area contributed by atoms with E-state index in [4.69, 9.17) is 4.42 Å². The van der Waals surface area contributed by atoms with E-state index in [2.05, 4.69) is 15.4 Å². The van der Waals surface area contributed by atoms with Gasteiger partial charge in [-0.15, -0.1) is 0 Å². The number of furan rings is 1. The summed E-state index contributed by atoms with van der Waals surface area (Å²) in [6.45, 7) is 5.31. The van der Waals surface area contributed by atoms with Gasteiger partial charge in [0.1, 0.15) is 5.70 Å². The van der Waals surface area contributed by atoms with Crippen molar-refractivity contribution in [3.05, 3.63) is 114 Å². The van der Waals surface area contributed by atoms with Gasteiger partial charge in [0, 0.05) is 16.8 Å². The molecule has 3 N–H and O–H groups in total. The van der Waals surface area contributed by atoms with Crippen LogP contribution in [-0.4, -0.2) is 25.8 Å². The van der Waals surface area contributed by atoms with Crippen LogP contribution in [0, 0.1) is 11.3 Å². The van der Waals surface area contributed by atoms with Crippen LogP contribution in [0.15, 0.2) is 106 Å². The third-order valence-electron chi connectivity index (χ3n) is 5.64. The molecule has 9 nitrogen and oxygen atoms in total. The minimum atomic E-state index is -3.80. The molecular formula is C31H28N4O5S. The summed E-state index contributed by atoms with van der Waals surface area (Å²) < 4.78 is 33.9. The van der Waals surface area contributed by atoms with Gasteiger partial charge in [-0.1, -0.05) is 42.5 Å². The van der Waals surface area contributed by atoms with Crippen molar-refractivity contribution >= 4 is 33.6 Å². The number of carbonyl (C=O) groups excluding carboxylic acids is 2. The second-order valence-electron chi connectivity index (χ2n) is 10.1. The average Bonchev–Trinajstić information content (AvgIpc) is 3.47. The predicted octanol–water partition coefficient (Wildman–Crippen LogP) is 5.30. The Balaban J connectivity index is 1.60. The van der Waals surface area contributed by atoms with Crippen LogP contribution in [0.5, 0.6) is 0 Å². The Bertz CT molecular complexity index is 1750. The summed E-state index contributed by atoms with van der Waals surface area (Å²) in [7, 11) is -3.80. The lowest BCUT2D eigenvalue weighted by molar-refractivity contribution is -0.113. The fourth-order valence-electron chi connectivity index (χ4n) is 3.94. The van der Waals surface area contributed by atoms with Gasteiger partial charge < -0.3 is 15.1 Å². The topological polar surface area (TPSA) is 141 Å². The maximum absolute atomic E-state index is 13.3. The van der Waals surface area contributed by atoms with Crippen molar-refractivity contribution in [2.45, 2.75) is 31.2 Å². The number of nitriles is 1. The van der Waals surface area contributed by atoms with Crippen molar-refractivity contribution < 1.29 is 22.4 Å². The fourth-order valence-corrected chi connectivity index (χ4v) is 5.59. The standard InChI is InChI=1S/C31H28N4O5S/c1-31(2,3)35-41(38,39)28-12-5-4-10-25(28)23-13-15-24(16-14-23)33-29(36)26(34-30(37)27-11-7-17-40-27)19-21-8-6-9-22(18-21)20-32/h4-19,35H,1-3H3,(H,33,36)(H,34,37)/b26-19+. The molecule has 41 heavy (non-hydrogen) atoms. The first kappa shape index (κ1) is 29.0. The maximum Gasteiger partial charge on any atom is 0.291 e. The molecule has 0 saturated heterocycles. The molecule has 3 aromatic carbocycles. The Hall–Kier alpha value is -4.98. The second kappa shape index (κ2) is 12.0. The van der Waals surface area contributed by atoms with Crippen LogP contribution in [-0.2, 0) is 14.8 Å². The number of nitrogens with zero attached hydrogens (tertiary/aromatic N) is 1. The van der Waals surface area contributed by atoms with Crippen LogP contribution in [0.4, 0.5) is 5.69 Å². The molecule has 0 spiro atoms. The number of carbonyl (C=O) groups is 2. The molecule has 208 valence electrons. The van der Waals surface area contributed by atoms with Crippen molar-refractivity contribution in [3.8, 4) is 17.2 Å². The molecule has 0 saturated carbocycles. The van der Waals surface area contributed by atoms with Gasteiger partial charge in [0.05, 0.1) is 22.8 Å². The molecule has 2 amide bonds. The zero-order valence-electron chi connectivity index (χ0n) is 22.6. The first-order valence-corrected chi connectivity index (χ1v) is 14.0. The normalized spacial score (nSPS) is 11.9. The van der Waals surface area contributed by atoms with Crippen molar-refractivity contribution in [2.75, 3.05) is 5.32 Å². The highest BCUT2D eigenvalue weighted by molar-refractivity contribution is 7.89. The van der Waals surface area contributed by atoms with Gasteiger partial charge in [-0.25, -0.2) is 13.1 Å². The number of rotatable bonds is 8. The number of hydrogen-bond donors (Lipinski definition) is 3. The quantitative estimate of drug-likeness (QED) is 0.246. The Morgan fingerprint density at radius 3 is 2.32 bits per heavy atom. The van der Waals surface area contributed by atoms with Crippen molar-refractivity contribution in [1.29, 1.82) is 5.26 Å². The van der Waals surface area contributed by atoms with E-state index in [1.807, 2.05) is 6.07 Å². The van der Waals surface area contributed by atoms with E-state index in [1.165, 1.54) is 18.4 Å². The molecule has 0 atom stereocenters. The number of amides is 2. The molecule has 4 aromatic rings. The Labute approximate surface area is 238 Å². The second-order valence-corrected chi connectivity index (χ2v) is 11.8. The highest BCUT2D eigenvalue weighted by Gasteiger charge is 2.25. The number of nitrogens with one attached hydrogen (secondary N) is 3. The number of anilines is 1. The molecule has 10 heteroatoms. The molecule has 0 radical (unpaired) electrons. The average molecular weight is 569 g/mol. The molecule has 1 heterocycles. The van der Waals surface area contributed by atoms with E-state index in [0.29, 0.717) is 27.9 Å². The summed E-state index contributed by atoms with van der Waals surface area (Å²) in [6, 6.07) is 25.0. The van der Waals surface area contributed by atoms with Gasteiger partial charge >= 0.3 is 0 Å². The summed E-state index contributed by atoms with van der Waals surface area (Å²) in [6.07, 6.45) is 2.80. The highest BCUT2D eigenvalue weighted by Crippen LogP contribution is 2.29. The summed E-state index contributed by atoms with van der Waals surface area (Å²) in [5.41, 5.74) is 1.75. The van der Waals surface area contributed by atoms with Gasteiger partial charge in [0.2, 0.25) is 10.0 Å². The van der Waals surface area contributed by atoms with Gasteiger partial charge in [-0.05, 0) is 80.4 Å². The van der Waals surface area contributed by atoms with E-state index in [1.54, 1.807) is 99.6 Å². The zero-order chi connectivity index (χ0) is 29.6. The molecule has 0 unspecified atom stereocenters. The fraction of sp³-hybridized carbons (Fsp3) is 0.129. The van der Waals surface area contributed by atoms with E-state index in [-0.39, 0.29) is 16.4 Å². The van der Waals surface area contributed by atoms with Crippen LogP contribution < -0.4 is 15.4 Å². The lowest BCUT2D eigenvalue weighted by Crippen LogP contribution is -2.40. The Morgan fingerprint density at radius 2 is 1.66 bits per heavy atom. The third-order valence-corrected chi connectivity index (χ3v) is 7.45. The van der Waals surface area contributed by atoms with Gasteiger partial charge in [-0.3, -0.25) is 9.59 Å². The predicted molar refractivity (Wildman–Crippen MR) is 156 cm³/mol. The molecule has 4 rings (SSSR count). The first-order valence-electron chi connectivity index (χ1n) is 12.6. The minimum absolute atomic E-state index is 0.0217. The van der Waals surface area contributed by atoms with Crippen LogP contribution in [0.25, 0.3) is 17.2 Å². The van der Waals surface area contributed by atoms with E-state index in [9.17, 15) is 23.3 Å². The molecule has 0 aliphatic rings. The van der Waals surface area contributed by atoms with Crippen molar-refractivity contribution in [2.24, 2.45) is 0 Å². The summed E-state index contributed by atoms with van der Waals surface area (Å²) in [5, 5.41) is 14.5. The molecular weight excluding hydrogens is 540 g/mol. The molecule has 0 aliphatic carbocycles. The third kappa shape index (κ3) is 7.57. The van der Waals surface area contributed by atoms with Crippen molar-refractivity contribution in [1.82, 2.24) is 10.0 Å². The molecule has 0 fully saturated rings. The summed E-state index contributed by atoms with van der Waals surface area (Å²) in [5.74, 6) is -1.21. The van der Waals surface area contributed by atoms with Gasteiger partial charge in [0.25, 0.3) is 11.8 Å². The molecule has 1 aromatic heterocycles. The van der Waals surface area contributed by atoms with Gasteiger partial charge in [-0.2, -0.15) is 5.26 Å². The minimum Gasteiger partial charge on any atom is -0.459 e. The lowest BCUT2D eigenvalue weighted by atomic mass is 10.1. The van der Waals surface area contributed by atoms with E-state index in [0.717, 1.165) is 0 Å². The Morgan fingerprint density at radius 1 is 0.927 bits per heavy atom. The largest absolute Gasteiger partial charge is 0.459 e. The zero-order valence-corrected chi connectivity index (χ0v) is 23.5. The lowest BCUT2D eigenvalue weighted by Gasteiger charge is -2.21. The van der Waals surface area contributed by atoms with Gasteiger partial charge in [0.15, 0.2) is 5.76 Å². The number of sulfonamides is 1. The monoisotopic (exact) mass is 568 g/mol. The van der Waals surface area contributed by atoms with E-state index < -0.39 is 27.4 Å². The molecule has 0 aliphatic heterocycles. The van der Waals surface area contributed by atoms with Crippen molar-refractivity contribution in [3.63, 3.8) is 0 Å². The summed E-state index contributed by atoms with van der Waals surface area (Å²) in [4.78, 5) is 26.1. The summed E-state index contributed by atoms with van der Waals surface area (Å²) >= 11 is 0. The van der Waals surface area contributed by atoms with Crippen LogP contribution in [0.3, 0.4) is 0 Å².